The van der Waals surface area contributed by atoms with Crippen molar-refractivity contribution in [2.75, 3.05) is 0 Å². The highest BCUT2D eigenvalue weighted by Gasteiger charge is 2.25. The van der Waals surface area contributed by atoms with E-state index in [2.05, 4.69) is 42.2 Å². The van der Waals surface area contributed by atoms with E-state index in [1.165, 1.54) is 23.8 Å². The third kappa shape index (κ3) is 1.20. The first-order chi connectivity index (χ1) is 6.84. The van der Waals surface area contributed by atoms with Gasteiger partial charge in [0.15, 0.2) is 0 Å². The van der Waals surface area contributed by atoms with E-state index in [0.29, 0.717) is 0 Å². The zero-order valence-corrected chi connectivity index (χ0v) is 8.33. The summed E-state index contributed by atoms with van der Waals surface area (Å²) >= 11 is 0. The number of aryl methyl sites for hydroxylation is 1. The van der Waals surface area contributed by atoms with E-state index < -0.39 is 0 Å². The van der Waals surface area contributed by atoms with Crippen molar-refractivity contribution in [1.82, 2.24) is 4.98 Å². The van der Waals surface area contributed by atoms with E-state index in [-0.39, 0.29) is 0 Å². The molecule has 1 aliphatic rings. The Morgan fingerprint density at radius 1 is 1.21 bits per heavy atom. The number of hydrogen-bond acceptors (Lipinski definition) is 1. The molecule has 3 rings (SSSR count). The summed E-state index contributed by atoms with van der Waals surface area (Å²) in [6.45, 7) is 2.08. The lowest BCUT2D eigenvalue weighted by Crippen LogP contribution is -1.89. The average molecular weight is 183 g/mol. The van der Waals surface area contributed by atoms with Gasteiger partial charge in [0.1, 0.15) is 0 Å². The molecule has 0 amide bonds. The Balaban J connectivity index is 2.34. The van der Waals surface area contributed by atoms with Crippen LogP contribution >= 0.6 is 0 Å². The third-order valence-electron chi connectivity index (χ3n) is 2.89. The summed E-state index contributed by atoms with van der Waals surface area (Å²) in [6.07, 6.45) is 2.71. The van der Waals surface area contributed by atoms with Crippen LogP contribution in [0.25, 0.3) is 10.9 Å². The van der Waals surface area contributed by atoms with Gasteiger partial charge in [-0.25, -0.2) is 0 Å². The molecule has 1 saturated carbocycles. The van der Waals surface area contributed by atoms with Crippen molar-refractivity contribution in [3.63, 3.8) is 0 Å². The van der Waals surface area contributed by atoms with Crippen molar-refractivity contribution in [3.8, 4) is 0 Å². The molecule has 1 fully saturated rings. The van der Waals surface area contributed by atoms with Crippen molar-refractivity contribution in [1.29, 1.82) is 0 Å². The molecule has 1 heterocycles. The SMILES string of the molecule is Cc1cc(C2CC2)c2ccccc2n1. The lowest BCUT2D eigenvalue weighted by atomic mass is 10.0. The Labute approximate surface area is 83.8 Å². The van der Waals surface area contributed by atoms with E-state index >= 15 is 0 Å². The number of para-hydroxylation sites is 1. The monoisotopic (exact) mass is 183 g/mol. The van der Waals surface area contributed by atoms with Crippen LogP contribution < -0.4 is 0 Å². The molecule has 1 aliphatic carbocycles. The minimum Gasteiger partial charge on any atom is -0.253 e. The van der Waals surface area contributed by atoms with E-state index in [0.717, 1.165) is 17.1 Å². The highest BCUT2D eigenvalue weighted by molar-refractivity contribution is 5.83. The van der Waals surface area contributed by atoms with Gasteiger partial charge in [-0.15, -0.1) is 0 Å². The molecule has 0 spiro atoms. The predicted molar refractivity (Wildman–Crippen MR) is 58.5 cm³/mol. The molecule has 0 bridgehead atoms. The summed E-state index contributed by atoms with van der Waals surface area (Å²) in [5.74, 6) is 0.807. The quantitative estimate of drug-likeness (QED) is 0.660. The topological polar surface area (TPSA) is 12.9 Å². The van der Waals surface area contributed by atoms with Crippen LogP contribution in [0.4, 0.5) is 0 Å². The van der Waals surface area contributed by atoms with Crippen LogP contribution in [0.5, 0.6) is 0 Å². The van der Waals surface area contributed by atoms with Gasteiger partial charge in [0, 0.05) is 11.1 Å². The molecule has 14 heavy (non-hydrogen) atoms. The predicted octanol–water partition coefficient (Wildman–Crippen LogP) is 3.42. The molecule has 2 aromatic rings. The summed E-state index contributed by atoms with van der Waals surface area (Å²) in [7, 11) is 0. The number of rotatable bonds is 1. The minimum atomic E-state index is 0.807. The van der Waals surface area contributed by atoms with Gasteiger partial charge in [-0.1, -0.05) is 18.2 Å². The normalized spacial score (nSPS) is 16.1. The molecule has 0 atom stereocenters. The Morgan fingerprint density at radius 2 is 2.00 bits per heavy atom. The van der Waals surface area contributed by atoms with Crippen LogP contribution in [-0.4, -0.2) is 4.98 Å². The third-order valence-corrected chi connectivity index (χ3v) is 2.89. The van der Waals surface area contributed by atoms with Gasteiger partial charge in [-0.05, 0) is 43.4 Å². The van der Waals surface area contributed by atoms with Crippen LogP contribution in [-0.2, 0) is 0 Å². The van der Waals surface area contributed by atoms with E-state index in [1.807, 2.05) is 0 Å². The maximum atomic E-state index is 4.55. The van der Waals surface area contributed by atoms with E-state index in [1.54, 1.807) is 0 Å². The second-order valence-corrected chi connectivity index (χ2v) is 4.14. The van der Waals surface area contributed by atoms with Gasteiger partial charge in [-0.2, -0.15) is 0 Å². The van der Waals surface area contributed by atoms with E-state index in [9.17, 15) is 0 Å². The Hall–Kier alpha value is -1.37. The number of hydrogen-bond donors (Lipinski definition) is 0. The van der Waals surface area contributed by atoms with E-state index in [4.69, 9.17) is 0 Å². The molecule has 0 saturated heterocycles. The van der Waals surface area contributed by atoms with Gasteiger partial charge in [0.2, 0.25) is 0 Å². The molecule has 0 radical (unpaired) electrons. The molecule has 0 N–H and O–H groups in total. The van der Waals surface area contributed by atoms with Crippen molar-refractivity contribution in [2.24, 2.45) is 0 Å². The second-order valence-electron chi connectivity index (χ2n) is 4.14. The zero-order chi connectivity index (χ0) is 9.54. The summed E-state index contributed by atoms with van der Waals surface area (Å²) in [5, 5.41) is 1.35. The first-order valence-electron chi connectivity index (χ1n) is 5.21. The lowest BCUT2D eigenvalue weighted by Gasteiger charge is -2.05. The fourth-order valence-electron chi connectivity index (χ4n) is 2.07. The zero-order valence-electron chi connectivity index (χ0n) is 8.33. The highest BCUT2D eigenvalue weighted by Crippen LogP contribution is 2.42. The second kappa shape index (κ2) is 2.81. The molecular weight excluding hydrogens is 170 g/mol. The number of benzene rings is 1. The van der Waals surface area contributed by atoms with Crippen molar-refractivity contribution in [2.45, 2.75) is 25.7 Å². The van der Waals surface area contributed by atoms with Crippen molar-refractivity contribution < 1.29 is 0 Å². The summed E-state index contributed by atoms with van der Waals surface area (Å²) in [4.78, 5) is 4.55. The summed E-state index contributed by atoms with van der Waals surface area (Å²) in [6, 6.07) is 10.7. The van der Waals surface area contributed by atoms with Crippen molar-refractivity contribution in [3.05, 3.63) is 41.6 Å². The number of pyridine rings is 1. The first kappa shape index (κ1) is 7.98. The van der Waals surface area contributed by atoms with Crippen LogP contribution in [0.2, 0.25) is 0 Å². The molecule has 1 heteroatoms. The molecule has 1 aromatic carbocycles. The van der Waals surface area contributed by atoms with Gasteiger partial charge >= 0.3 is 0 Å². The van der Waals surface area contributed by atoms with Crippen LogP contribution in [0.15, 0.2) is 30.3 Å². The van der Waals surface area contributed by atoms with Gasteiger partial charge in [0.05, 0.1) is 5.52 Å². The molecular formula is C13H13N. The largest absolute Gasteiger partial charge is 0.253 e. The summed E-state index contributed by atoms with van der Waals surface area (Å²) < 4.78 is 0. The maximum absolute atomic E-state index is 4.55. The first-order valence-corrected chi connectivity index (χ1v) is 5.21. The van der Waals surface area contributed by atoms with Gasteiger partial charge in [-0.3, -0.25) is 4.98 Å². The Kier molecular flexibility index (Phi) is 1.60. The number of nitrogens with zero attached hydrogens (tertiary/aromatic N) is 1. The molecule has 70 valence electrons. The number of aromatic nitrogens is 1. The average Bonchev–Trinajstić information content (AvgIpc) is 2.99. The lowest BCUT2D eigenvalue weighted by molar-refractivity contribution is 1.12. The molecule has 0 unspecified atom stereocenters. The Bertz CT molecular complexity index is 484. The standard InChI is InChI=1S/C13H13N/c1-9-8-12(10-6-7-10)11-4-2-3-5-13(11)14-9/h2-5,8,10H,6-7H2,1H3. The van der Waals surface area contributed by atoms with Crippen molar-refractivity contribution >= 4 is 10.9 Å². The van der Waals surface area contributed by atoms with Gasteiger partial charge < -0.3 is 0 Å². The van der Waals surface area contributed by atoms with Crippen LogP contribution in [0.3, 0.4) is 0 Å². The molecule has 0 aliphatic heterocycles. The van der Waals surface area contributed by atoms with Crippen LogP contribution in [0.1, 0.15) is 30.0 Å². The summed E-state index contributed by atoms with van der Waals surface area (Å²) in [5.41, 5.74) is 3.80. The number of fused-ring (bicyclic) bond motifs is 1. The molecule has 1 nitrogen and oxygen atoms in total. The smallest absolute Gasteiger partial charge is 0.0708 e. The maximum Gasteiger partial charge on any atom is 0.0708 e. The minimum absolute atomic E-state index is 0.807. The van der Waals surface area contributed by atoms with Gasteiger partial charge in [0.25, 0.3) is 0 Å². The fourth-order valence-corrected chi connectivity index (χ4v) is 2.07. The molecule has 1 aromatic heterocycles. The Morgan fingerprint density at radius 3 is 2.79 bits per heavy atom. The fraction of sp³-hybridized carbons (Fsp3) is 0.308. The van der Waals surface area contributed by atoms with Crippen LogP contribution in [0, 0.1) is 6.92 Å². The highest BCUT2D eigenvalue weighted by atomic mass is 14.7.